The van der Waals surface area contributed by atoms with E-state index in [4.69, 9.17) is 0 Å². The normalized spacial score (nSPS) is 22.1. The van der Waals surface area contributed by atoms with Crippen LogP contribution in [0.1, 0.15) is 23.8 Å². The molecule has 0 radical (unpaired) electrons. The van der Waals surface area contributed by atoms with Crippen molar-refractivity contribution in [3.8, 4) is 0 Å². The lowest BCUT2D eigenvalue weighted by Crippen LogP contribution is -2.23. The van der Waals surface area contributed by atoms with Crippen LogP contribution in [0.5, 0.6) is 0 Å². The number of carbonyl (C=O) groups is 1. The number of aromatic nitrogens is 2. The summed E-state index contributed by atoms with van der Waals surface area (Å²) < 4.78 is 0. The second-order valence-electron chi connectivity index (χ2n) is 4.86. The van der Waals surface area contributed by atoms with Crippen molar-refractivity contribution >= 4 is 11.7 Å². The molecule has 1 heterocycles. The van der Waals surface area contributed by atoms with Gasteiger partial charge in [-0.1, -0.05) is 6.92 Å². The molecule has 1 aromatic heterocycles. The van der Waals surface area contributed by atoms with Crippen molar-refractivity contribution in [3.63, 3.8) is 0 Å². The molecule has 1 aliphatic carbocycles. The third-order valence-corrected chi connectivity index (χ3v) is 3.11. The smallest absolute Gasteiger partial charge is 0.273 e. The van der Waals surface area contributed by atoms with E-state index < -0.39 is 0 Å². The van der Waals surface area contributed by atoms with Crippen LogP contribution in [0.4, 0.5) is 5.82 Å². The summed E-state index contributed by atoms with van der Waals surface area (Å²) in [4.78, 5) is 13.1. The van der Waals surface area contributed by atoms with E-state index in [1.165, 1.54) is 11.3 Å². The SMILES string of the molecule is CC1CC1CNc1ccc(C(=O)N(C)C)nn1. The van der Waals surface area contributed by atoms with Crippen molar-refractivity contribution in [2.75, 3.05) is 26.0 Å². The maximum atomic E-state index is 11.6. The second kappa shape index (κ2) is 4.69. The zero-order valence-electron chi connectivity index (χ0n) is 10.5. The van der Waals surface area contributed by atoms with Crippen molar-refractivity contribution in [2.45, 2.75) is 13.3 Å². The molecule has 1 saturated carbocycles. The van der Waals surface area contributed by atoms with Crippen molar-refractivity contribution in [1.29, 1.82) is 0 Å². The average Bonchev–Trinajstić information content (AvgIpc) is 3.02. The molecule has 0 saturated heterocycles. The minimum atomic E-state index is -0.125. The first-order valence-electron chi connectivity index (χ1n) is 5.87. The number of carbonyl (C=O) groups excluding carboxylic acids is 1. The van der Waals surface area contributed by atoms with E-state index in [9.17, 15) is 4.79 Å². The molecule has 1 aromatic rings. The van der Waals surface area contributed by atoms with Gasteiger partial charge in [0.05, 0.1) is 0 Å². The number of hydrogen-bond donors (Lipinski definition) is 1. The van der Waals surface area contributed by atoms with Crippen LogP contribution in [0.25, 0.3) is 0 Å². The van der Waals surface area contributed by atoms with Crippen molar-refractivity contribution in [1.82, 2.24) is 15.1 Å². The molecule has 1 N–H and O–H groups in total. The Morgan fingerprint density at radius 2 is 2.18 bits per heavy atom. The van der Waals surface area contributed by atoms with Crippen LogP contribution in [-0.2, 0) is 0 Å². The van der Waals surface area contributed by atoms with E-state index in [1.54, 1.807) is 26.2 Å². The number of nitrogens with zero attached hydrogens (tertiary/aromatic N) is 3. The largest absolute Gasteiger partial charge is 0.368 e. The average molecular weight is 234 g/mol. The van der Waals surface area contributed by atoms with Crippen LogP contribution >= 0.6 is 0 Å². The summed E-state index contributed by atoms with van der Waals surface area (Å²) in [6.07, 6.45) is 1.29. The van der Waals surface area contributed by atoms with Crippen LogP contribution in [0.2, 0.25) is 0 Å². The molecule has 0 aliphatic heterocycles. The molecule has 1 aliphatic rings. The third-order valence-electron chi connectivity index (χ3n) is 3.11. The number of anilines is 1. The van der Waals surface area contributed by atoms with Gasteiger partial charge in [0.2, 0.25) is 0 Å². The summed E-state index contributed by atoms with van der Waals surface area (Å²) in [5, 5.41) is 11.1. The first-order chi connectivity index (χ1) is 8.08. The molecule has 2 unspecified atom stereocenters. The van der Waals surface area contributed by atoms with Crippen LogP contribution in [0.3, 0.4) is 0 Å². The summed E-state index contributed by atoms with van der Waals surface area (Å²) >= 11 is 0. The van der Waals surface area contributed by atoms with Gasteiger partial charge < -0.3 is 10.2 Å². The summed E-state index contributed by atoms with van der Waals surface area (Å²) in [5.74, 6) is 2.20. The van der Waals surface area contributed by atoms with Gasteiger partial charge in [0, 0.05) is 20.6 Å². The highest BCUT2D eigenvalue weighted by Gasteiger charge is 2.31. The fourth-order valence-electron chi connectivity index (χ4n) is 1.69. The maximum absolute atomic E-state index is 11.6. The van der Waals surface area contributed by atoms with Gasteiger partial charge in [-0.3, -0.25) is 4.79 Å². The molecule has 5 nitrogen and oxygen atoms in total. The van der Waals surface area contributed by atoms with Gasteiger partial charge in [-0.25, -0.2) is 0 Å². The molecule has 0 spiro atoms. The quantitative estimate of drug-likeness (QED) is 0.851. The van der Waals surface area contributed by atoms with Gasteiger partial charge in [-0.2, -0.15) is 0 Å². The van der Waals surface area contributed by atoms with Gasteiger partial charge in [-0.15, -0.1) is 10.2 Å². The zero-order chi connectivity index (χ0) is 12.4. The topological polar surface area (TPSA) is 58.1 Å². The van der Waals surface area contributed by atoms with Crippen LogP contribution < -0.4 is 5.32 Å². The van der Waals surface area contributed by atoms with E-state index in [0.29, 0.717) is 5.69 Å². The van der Waals surface area contributed by atoms with E-state index in [0.717, 1.165) is 24.2 Å². The highest BCUT2D eigenvalue weighted by atomic mass is 16.2. The van der Waals surface area contributed by atoms with Crippen molar-refractivity contribution < 1.29 is 4.79 Å². The molecule has 17 heavy (non-hydrogen) atoms. The lowest BCUT2D eigenvalue weighted by atomic mass is 10.3. The molecule has 5 heteroatoms. The lowest BCUT2D eigenvalue weighted by Gasteiger charge is -2.09. The number of rotatable bonds is 4. The molecular formula is C12H18N4O. The predicted molar refractivity (Wildman–Crippen MR) is 65.8 cm³/mol. The lowest BCUT2D eigenvalue weighted by molar-refractivity contribution is 0.0821. The molecule has 2 rings (SSSR count). The van der Waals surface area contributed by atoms with Gasteiger partial charge in [0.15, 0.2) is 5.69 Å². The second-order valence-corrected chi connectivity index (χ2v) is 4.86. The summed E-state index contributed by atoms with van der Waals surface area (Å²) in [5.41, 5.74) is 0.375. The fraction of sp³-hybridized carbons (Fsp3) is 0.583. The fourth-order valence-corrected chi connectivity index (χ4v) is 1.69. The molecule has 2 atom stereocenters. The van der Waals surface area contributed by atoms with E-state index in [-0.39, 0.29) is 5.91 Å². The Kier molecular flexibility index (Phi) is 3.26. The molecular weight excluding hydrogens is 216 g/mol. The van der Waals surface area contributed by atoms with Gasteiger partial charge in [0.1, 0.15) is 5.82 Å². The van der Waals surface area contributed by atoms with Crippen molar-refractivity contribution in [3.05, 3.63) is 17.8 Å². The Balaban J connectivity index is 1.91. The third kappa shape index (κ3) is 2.93. The molecule has 1 fully saturated rings. The summed E-state index contributed by atoms with van der Waals surface area (Å²) in [6, 6.07) is 3.50. The minimum Gasteiger partial charge on any atom is -0.368 e. The minimum absolute atomic E-state index is 0.125. The molecule has 0 aromatic carbocycles. The van der Waals surface area contributed by atoms with Crippen molar-refractivity contribution in [2.24, 2.45) is 11.8 Å². The first-order valence-corrected chi connectivity index (χ1v) is 5.87. The summed E-state index contributed by atoms with van der Waals surface area (Å²) in [6.45, 7) is 3.19. The van der Waals surface area contributed by atoms with Gasteiger partial charge in [0.25, 0.3) is 5.91 Å². The first kappa shape index (κ1) is 11.8. The predicted octanol–water partition coefficient (Wildman–Crippen LogP) is 1.25. The van der Waals surface area contributed by atoms with Crippen LogP contribution in [0.15, 0.2) is 12.1 Å². The van der Waals surface area contributed by atoms with Gasteiger partial charge >= 0.3 is 0 Å². The number of amides is 1. The highest BCUT2D eigenvalue weighted by molar-refractivity contribution is 5.91. The Labute approximate surface area is 101 Å². The molecule has 0 bridgehead atoms. The molecule has 1 amide bonds. The number of nitrogens with one attached hydrogen (secondary N) is 1. The van der Waals surface area contributed by atoms with E-state index in [2.05, 4.69) is 22.4 Å². The molecule has 92 valence electrons. The van der Waals surface area contributed by atoms with E-state index in [1.807, 2.05) is 0 Å². The summed E-state index contributed by atoms with van der Waals surface area (Å²) in [7, 11) is 3.40. The Morgan fingerprint density at radius 3 is 2.65 bits per heavy atom. The Bertz CT molecular complexity index is 401. The standard InChI is InChI=1S/C12H18N4O/c1-8-6-9(8)7-13-11-5-4-10(14-15-11)12(17)16(2)3/h4-5,8-9H,6-7H2,1-3H3,(H,13,15). The highest BCUT2D eigenvalue weighted by Crippen LogP contribution is 2.37. The monoisotopic (exact) mass is 234 g/mol. The zero-order valence-corrected chi connectivity index (χ0v) is 10.5. The Hall–Kier alpha value is -1.65. The van der Waals surface area contributed by atoms with Gasteiger partial charge in [-0.05, 0) is 30.4 Å². The van der Waals surface area contributed by atoms with Crippen LogP contribution in [-0.4, -0.2) is 41.6 Å². The number of hydrogen-bond acceptors (Lipinski definition) is 4. The van der Waals surface area contributed by atoms with E-state index >= 15 is 0 Å². The maximum Gasteiger partial charge on any atom is 0.273 e. The Morgan fingerprint density at radius 1 is 1.47 bits per heavy atom. The van der Waals surface area contributed by atoms with Crippen LogP contribution in [0, 0.1) is 11.8 Å².